The van der Waals surface area contributed by atoms with Crippen molar-refractivity contribution in [2.75, 3.05) is 26.7 Å². The highest BCUT2D eigenvalue weighted by Gasteiger charge is 2.21. The van der Waals surface area contributed by atoms with Crippen LogP contribution in [0.3, 0.4) is 0 Å². The standard InChI is InChI=1S/C11H21NO3/c1-9-7-12(8-10(2)15-9)6-4-5-11(13)14-3/h9-10H,4-8H2,1-3H3. The Morgan fingerprint density at radius 3 is 2.53 bits per heavy atom. The molecule has 0 N–H and O–H groups in total. The molecule has 1 aliphatic heterocycles. The number of hydrogen-bond donors (Lipinski definition) is 0. The predicted molar refractivity (Wildman–Crippen MR) is 57.7 cm³/mol. The molecule has 0 amide bonds. The van der Waals surface area contributed by atoms with Crippen LogP contribution < -0.4 is 0 Å². The highest BCUT2D eigenvalue weighted by Crippen LogP contribution is 2.11. The van der Waals surface area contributed by atoms with Gasteiger partial charge in [-0.2, -0.15) is 0 Å². The molecule has 0 aromatic rings. The summed E-state index contributed by atoms with van der Waals surface area (Å²) in [6.07, 6.45) is 1.97. The van der Waals surface area contributed by atoms with Crippen molar-refractivity contribution >= 4 is 5.97 Å². The molecule has 0 bridgehead atoms. The van der Waals surface area contributed by atoms with Gasteiger partial charge in [-0.05, 0) is 26.8 Å². The largest absolute Gasteiger partial charge is 0.469 e. The van der Waals surface area contributed by atoms with Crippen LogP contribution in [0.1, 0.15) is 26.7 Å². The third-order valence-corrected chi connectivity index (χ3v) is 2.58. The van der Waals surface area contributed by atoms with E-state index in [2.05, 4.69) is 23.5 Å². The van der Waals surface area contributed by atoms with Gasteiger partial charge < -0.3 is 9.47 Å². The number of hydrogen-bond acceptors (Lipinski definition) is 4. The highest BCUT2D eigenvalue weighted by atomic mass is 16.5. The molecule has 4 nitrogen and oxygen atoms in total. The Kier molecular flexibility index (Phi) is 5.05. The van der Waals surface area contributed by atoms with Crippen molar-refractivity contribution in [3.63, 3.8) is 0 Å². The molecule has 2 atom stereocenters. The fourth-order valence-corrected chi connectivity index (χ4v) is 2.02. The van der Waals surface area contributed by atoms with Crippen LogP contribution in [0.2, 0.25) is 0 Å². The molecule has 0 aromatic heterocycles. The second kappa shape index (κ2) is 6.08. The summed E-state index contributed by atoms with van der Waals surface area (Å²) < 4.78 is 10.2. The maximum Gasteiger partial charge on any atom is 0.305 e. The Bertz CT molecular complexity index is 198. The van der Waals surface area contributed by atoms with Crippen LogP contribution in [-0.4, -0.2) is 49.8 Å². The maximum atomic E-state index is 10.9. The summed E-state index contributed by atoms with van der Waals surface area (Å²) in [6.45, 7) is 7.05. The van der Waals surface area contributed by atoms with Crippen molar-refractivity contribution in [2.24, 2.45) is 0 Å². The van der Waals surface area contributed by atoms with Crippen LogP contribution in [0.4, 0.5) is 0 Å². The number of rotatable bonds is 4. The molecule has 0 spiro atoms. The first-order chi connectivity index (χ1) is 7.11. The Hall–Kier alpha value is -0.610. The lowest BCUT2D eigenvalue weighted by Crippen LogP contribution is -2.45. The van der Waals surface area contributed by atoms with E-state index in [1.54, 1.807) is 0 Å². The molecule has 1 fully saturated rings. The van der Waals surface area contributed by atoms with E-state index in [9.17, 15) is 4.79 Å². The number of nitrogens with zero attached hydrogens (tertiary/aromatic N) is 1. The van der Waals surface area contributed by atoms with Crippen molar-refractivity contribution in [3.05, 3.63) is 0 Å². The third-order valence-electron chi connectivity index (χ3n) is 2.58. The normalized spacial score (nSPS) is 27.7. The SMILES string of the molecule is COC(=O)CCCN1CC(C)OC(C)C1. The zero-order valence-electron chi connectivity index (χ0n) is 9.86. The van der Waals surface area contributed by atoms with E-state index in [1.807, 2.05) is 0 Å². The Balaban J connectivity index is 2.17. The van der Waals surface area contributed by atoms with Crippen LogP contribution in [0.15, 0.2) is 0 Å². The molecular formula is C11H21NO3. The monoisotopic (exact) mass is 215 g/mol. The van der Waals surface area contributed by atoms with Crippen LogP contribution in [0.5, 0.6) is 0 Å². The molecule has 1 heterocycles. The molecule has 1 rings (SSSR count). The summed E-state index contributed by atoms with van der Waals surface area (Å²) in [5, 5.41) is 0. The number of morpholine rings is 1. The van der Waals surface area contributed by atoms with Crippen molar-refractivity contribution < 1.29 is 14.3 Å². The van der Waals surface area contributed by atoms with Crippen molar-refractivity contribution in [1.82, 2.24) is 4.90 Å². The van der Waals surface area contributed by atoms with Crippen LogP contribution in [0.25, 0.3) is 0 Å². The maximum absolute atomic E-state index is 10.9. The van der Waals surface area contributed by atoms with E-state index in [0.29, 0.717) is 18.6 Å². The van der Waals surface area contributed by atoms with Crippen LogP contribution >= 0.6 is 0 Å². The molecule has 0 radical (unpaired) electrons. The van der Waals surface area contributed by atoms with Gasteiger partial charge in [0, 0.05) is 19.5 Å². The van der Waals surface area contributed by atoms with Gasteiger partial charge in [0.2, 0.25) is 0 Å². The van der Waals surface area contributed by atoms with E-state index < -0.39 is 0 Å². The van der Waals surface area contributed by atoms with E-state index >= 15 is 0 Å². The minimum Gasteiger partial charge on any atom is -0.469 e. The lowest BCUT2D eigenvalue weighted by atomic mass is 10.2. The van der Waals surface area contributed by atoms with E-state index in [4.69, 9.17) is 4.74 Å². The fraction of sp³-hybridized carbons (Fsp3) is 0.909. The van der Waals surface area contributed by atoms with Crippen molar-refractivity contribution in [1.29, 1.82) is 0 Å². The Labute approximate surface area is 91.5 Å². The van der Waals surface area contributed by atoms with E-state index in [0.717, 1.165) is 26.1 Å². The Morgan fingerprint density at radius 2 is 2.00 bits per heavy atom. The molecule has 4 heteroatoms. The molecule has 0 aromatic carbocycles. The van der Waals surface area contributed by atoms with Crippen molar-refractivity contribution in [3.8, 4) is 0 Å². The second-order valence-electron chi connectivity index (χ2n) is 4.20. The first kappa shape index (κ1) is 12.5. The summed E-state index contributed by atoms with van der Waals surface area (Å²) >= 11 is 0. The minimum atomic E-state index is -0.121. The summed E-state index contributed by atoms with van der Waals surface area (Å²) in [6, 6.07) is 0. The summed E-state index contributed by atoms with van der Waals surface area (Å²) in [7, 11) is 1.43. The number of esters is 1. The van der Waals surface area contributed by atoms with Gasteiger partial charge in [-0.3, -0.25) is 9.69 Å². The van der Waals surface area contributed by atoms with Gasteiger partial charge >= 0.3 is 5.97 Å². The molecule has 15 heavy (non-hydrogen) atoms. The minimum absolute atomic E-state index is 0.121. The smallest absolute Gasteiger partial charge is 0.305 e. The fourth-order valence-electron chi connectivity index (χ4n) is 2.02. The first-order valence-corrected chi connectivity index (χ1v) is 5.56. The van der Waals surface area contributed by atoms with E-state index in [1.165, 1.54) is 7.11 Å². The quantitative estimate of drug-likeness (QED) is 0.657. The van der Waals surface area contributed by atoms with Gasteiger partial charge in [0.05, 0.1) is 19.3 Å². The average Bonchev–Trinajstić information content (AvgIpc) is 2.16. The van der Waals surface area contributed by atoms with Crippen molar-refractivity contribution in [2.45, 2.75) is 38.9 Å². The van der Waals surface area contributed by atoms with Crippen LogP contribution in [-0.2, 0) is 14.3 Å². The Morgan fingerprint density at radius 1 is 1.40 bits per heavy atom. The summed E-state index contributed by atoms with van der Waals surface area (Å²) in [5.41, 5.74) is 0. The zero-order chi connectivity index (χ0) is 11.3. The molecular weight excluding hydrogens is 194 g/mol. The summed E-state index contributed by atoms with van der Waals surface area (Å²) in [5.74, 6) is -0.121. The van der Waals surface area contributed by atoms with Gasteiger partial charge in [0.15, 0.2) is 0 Å². The van der Waals surface area contributed by atoms with Gasteiger partial charge in [-0.25, -0.2) is 0 Å². The van der Waals surface area contributed by atoms with Gasteiger partial charge in [0.25, 0.3) is 0 Å². The van der Waals surface area contributed by atoms with Gasteiger partial charge in [-0.15, -0.1) is 0 Å². The van der Waals surface area contributed by atoms with Gasteiger partial charge in [-0.1, -0.05) is 0 Å². The highest BCUT2D eigenvalue weighted by molar-refractivity contribution is 5.69. The van der Waals surface area contributed by atoms with Gasteiger partial charge in [0.1, 0.15) is 0 Å². The number of carbonyl (C=O) groups excluding carboxylic acids is 1. The zero-order valence-corrected chi connectivity index (χ0v) is 9.86. The molecule has 0 saturated carbocycles. The molecule has 1 aliphatic rings. The molecule has 0 aliphatic carbocycles. The third kappa shape index (κ3) is 4.62. The lowest BCUT2D eigenvalue weighted by molar-refractivity contribution is -0.140. The number of carbonyl (C=O) groups is 1. The molecule has 88 valence electrons. The predicted octanol–water partition coefficient (Wildman–Crippen LogP) is 1.05. The molecule has 1 saturated heterocycles. The molecule has 2 unspecified atom stereocenters. The van der Waals surface area contributed by atoms with Crippen LogP contribution in [0, 0.1) is 0 Å². The summed E-state index contributed by atoms with van der Waals surface area (Å²) in [4.78, 5) is 13.3. The van der Waals surface area contributed by atoms with E-state index in [-0.39, 0.29) is 5.97 Å². The topological polar surface area (TPSA) is 38.8 Å². The second-order valence-corrected chi connectivity index (χ2v) is 4.20. The number of ether oxygens (including phenoxy) is 2. The average molecular weight is 215 g/mol. The lowest BCUT2D eigenvalue weighted by Gasteiger charge is -2.35. The number of methoxy groups -OCH3 is 1. The first-order valence-electron chi connectivity index (χ1n) is 5.56.